The molecule has 0 unspecified atom stereocenters. The first-order valence-electron chi connectivity index (χ1n) is 12.4. The molecule has 0 aliphatic carbocycles. The Balaban J connectivity index is 1.38. The smallest absolute Gasteiger partial charge is 0.325 e. The molecule has 1 aromatic carbocycles. The number of urea groups is 1. The molecule has 2 atom stereocenters. The number of amides is 4. The largest absolute Gasteiger partial charge is 0.376 e. The first-order chi connectivity index (χ1) is 16.9. The minimum Gasteiger partial charge on any atom is -0.376 e. The van der Waals surface area contributed by atoms with E-state index in [0.29, 0.717) is 43.8 Å². The Kier molecular flexibility index (Phi) is 6.32. The van der Waals surface area contributed by atoms with Crippen LogP contribution in [0.25, 0.3) is 0 Å². The van der Waals surface area contributed by atoms with Gasteiger partial charge in [-0.25, -0.2) is 4.79 Å². The quantitative estimate of drug-likeness (QED) is 0.670. The molecule has 3 aliphatic rings. The van der Waals surface area contributed by atoms with E-state index in [4.69, 9.17) is 4.74 Å². The van der Waals surface area contributed by atoms with Gasteiger partial charge in [0.25, 0.3) is 11.8 Å². The number of rotatable bonds is 5. The lowest BCUT2D eigenvalue weighted by Gasteiger charge is -2.40. The van der Waals surface area contributed by atoms with Crippen LogP contribution in [-0.2, 0) is 15.1 Å². The molecule has 0 saturated carbocycles. The van der Waals surface area contributed by atoms with Crippen LogP contribution in [0.15, 0.2) is 42.6 Å². The van der Waals surface area contributed by atoms with Gasteiger partial charge in [-0.15, -0.1) is 0 Å². The summed E-state index contributed by atoms with van der Waals surface area (Å²) in [5.74, 6) is -0.433. The number of imide groups is 1. The fourth-order valence-electron chi connectivity index (χ4n) is 5.75. The number of pyridine rings is 1. The number of aromatic nitrogens is 1. The Bertz CT molecular complexity index is 1120. The molecule has 3 aliphatic heterocycles. The van der Waals surface area contributed by atoms with E-state index in [-0.39, 0.29) is 30.4 Å². The summed E-state index contributed by atoms with van der Waals surface area (Å²) in [6.07, 6.45) is 4.48. The molecule has 8 heteroatoms. The van der Waals surface area contributed by atoms with Gasteiger partial charge >= 0.3 is 6.03 Å². The van der Waals surface area contributed by atoms with Crippen molar-refractivity contribution in [1.29, 1.82) is 0 Å². The number of aryl methyl sites for hydroxylation is 2. The Morgan fingerprint density at radius 2 is 1.94 bits per heavy atom. The highest BCUT2D eigenvalue weighted by Gasteiger charge is 2.58. The van der Waals surface area contributed by atoms with E-state index in [1.807, 2.05) is 43.0 Å². The van der Waals surface area contributed by atoms with Crippen molar-refractivity contribution in [1.82, 2.24) is 20.1 Å². The van der Waals surface area contributed by atoms with Gasteiger partial charge in [0.1, 0.15) is 0 Å². The first-order valence-corrected chi connectivity index (χ1v) is 12.4. The fraction of sp³-hybridized carbons (Fsp3) is 0.481. The van der Waals surface area contributed by atoms with Crippen LogP contribution in [0.3, 0.4) is 0 Å². The highest BCUT2D eigenvalue weighted by molar-refractivity contribution is 6.07. The lowest BCUT2D eigenvalue weighted by molar-refractivity contribution is -0.135. The van der Waals surface area contributed by atoms with E-state index >= 15 is 0 Å². The summed E-state index contributed by atoms with van der Waals surface area (Å²) < 4.78 is 5.70. The topological polar surface area (TPSA) is 91.8 Å². The zero-order valence-corrected chi connectivity index (χ0v) is 20.3. The van der Waals surface area contributed by atoms with Gasteiger partial charge < -0.3 is 15.0 Å². The number of likely N-dealkylation sites (tertiary alicyclic amines) is 1. The van der Waals surface area contributed by atoms with Crippen molar-refractivity contribution in [2.24, 2.45) is 5.92 Å². The van der Waals surface area contributed by atoms with Crippen LogP contribution in [0.1, 0.15) is 52.9 Å². The zero-order chi connectivity index (χ0) is 24.6. The molecule has 5 rings (SSSR count). The van der Waals surface area contributed by atoms with Gasteiger partial charge in [-0.2, -0.15) is 0 Å². The number of nitrogens with one attached hydrogen (secondary N) is 1. The standard InChI is InChI=1S/C27H32N4O4/c1-18-8-9-22(19(2)16-18)24(32)30-13-10-20(11-14-30)27(23-7-3-4-12-28-23)25(33)31(26(34)29-27)17-21-6-5-15-35-21/h3-4,7-9,12,16,20-21H,5-6,10-11,13-15,17H2,1-2H3,(H,29,34)/t21-,27+/m1/s1. The van der Waals surface area contributed by atoms with Crippen molar-refractivity contribution in [2.75, 3.05) is 26.2 Å². The summed E-state index contributed by atoms with van der Waals surface area (Å²) in [5, 5.41) is 3.03. The van der Waals surface area contributed by atoms with E-state index < -0.39 is 11.6 Å². The van der Waals surface area contributed by atoms with Crippen molar-refractivity contribution in [2.45, 2.75) is 51.2 Å². The Morgan fingerprint density at radius 1 is 1.14 bits per heavy atom. The van der Waals surface area contributed by atoms with E-state index in [2.05, 4.69) is 10.3 Å². The first kappa shape index (κ1) is 23.5. The van der Waals surface area contributed by atoms with Gasteiger partial charge in [0.15, 0.2) is 5.54 Å². The van der Waals surface area contributed by atoms with Crippen LogP contribution in [-0.4, -0.2) is 65.0 Å². The predicted octanol–water partition coefficient (Wildman–Crippen LogP) is 3.18. The summed E-state index contributed by atoms with van der Waals surface area (Å²) in [7, 11) is 0. The molecule has 1 aromatic heterocycles. The average molecular weight is 477 g/mol. The maximum absolute atomic E-state index is 13.9. The third kappa shape index (κ3) is 4.20. The minimum absolute atomic E-state index is 0.00892. The second-order valence-electron chi connectivity index (χ2n) is 9.89. The molecule has 0 radical (unpaired) electrons. The maximum Gasteiger partial charge on any atom is 0.325 e. The lowest BCUT2D eigenvalue weighted by Crippen LogP contribution is -2.54. The van der Waals surface area contributed by atoms with Crippen molar-refractivity contribution in [3.05, 3.63) is 65.0 Å². The van der Waals surface area contributed by atoms with Crippen LogP contribution in [0.4, 0.5) is 4.79 Å². The zero-order valence-electron chi connectivity index (χ0n) is 20.3. The maximum atomic E-state index is 13.9. The number of ether oxygens (including phenoxy) is 1. The third-order valence-corrected chi connectivity index (χ3v) is 7.62. The molecule has 3 fully saturated rings. The van der Waals surface area contributed by atoms with Crippen LogP contribution in [0.2, 0.25) is 0 Å². The van der Waals surface area contributed by atoms with Crippen LogP contribution >= 0.6 is 0 Å². The van der Waals surface area contributed by atoms with Gasteiger partial charge in [-0.1, -0.05) is 23.8 Å². The SMILES string of the molecule is Cc1ccc(C(=O)N2CCC([C@@]3(c4ccccn4)NC(=O)N(C[C@H]4CCCO4)C3=O)CC2)c(C)c1. The van der Waals surface area contributed by atoms with Crippen molar-refractivity contribution >= 4 is 17.8 Å². The molecule has 2 aromatic rings. The Morgan fingerprint density at radius 3 is 2.60 bits per heavy atom. The van der Waals surface area contributed by atoms with Crippen LogP contribution in [0, 0.1) is 19.8 Å². The molecule has 35 heavy (non-hydrogen) atoms. The Labute approximate surface area is 205 Å². The second-order valence-corrected chi connectivity index (χ2v) is 9.89. The molecule has 184 valence electrons. The molecule has 8 nitrogen and oxygen atoms in total. The summed E-state index contributed by atoms with van der Waals surface area (Å²) in [4.78, 5) is 47.9. The van der Waals surface area contributed by atoms with Gasteiger partial charge in [0, 0.05) is 37.4 Å². The fourth-order valence-corrected chi connectivity index (χ4v) is 5.75. The number of hydrogen-bond donors (Lipinski definition) is 1. The van der Waals surface area contributed by atoms with E-state index in [0.717, 1.165) is 24.0 Å². The average Bonchev–Trinajstić information content (AvgIpc) is 3.47. The number of carbonyl (C=O) groups is 3. The molecule has 4 heterocycles. The number of benzene rings is 1. The number of hydrogen-bond acceptors (Lipinski definition) is 5. The van der Waals surface area contributed by atoms with Gasteiger partial charge in [0.05, 0.1) is 18.3 Å². The molecule has 0 spiro atoms. The highest BCUT2D eigenvalue weighted by Crippen LogP contribution is 2.41. The van der Waals surface area contributed by atoms with E-state index in [1.165, 1.54) is 4.90 Å². The van der Waals surface area contributed by atoms with Crippen LogP contribution < -0.4 is 5.32 Å². The molecule has 0 bridgehead atoms. The van der Waals surface area contributed by atoms with Gasteiger partial charge in [0.2, 0.25) is 0 Å². The number of carbonyl (C=O) groups excluding carboxylic acids is 3. The number of piperidine rings is 1. The van der Waals surface area contributed by atoms with Crippen LogP contribution in [0.5, 0.6) is 0 Å². The van der Waals surface area contributed by atoms with E-state index in [9.17, 15) is 14.4 Å². The third-order valence-electron chi connectivity index (χ3n) is 7.62. The lowest BCUT2D eigenvalue weighted by atomic mass is 9.75. The minimum atomic E-state index is -1.23. The van der Waals surface area contributed by atoms with Crippen molar-refractivity contribution < 1.29 is 19.1 Å². The van der Waals surface area contributed by atoms with Crippen molar-refractivity contribution in [3.8, 4) is 0 Å². The molecule has 4 amide bonds. The monoisotopic (exact) mass is 476 g/mol. The van der Waals surface area contributed by atoms with Gasteiger partial charge in [-0.05, 0) is 63.3 Å². The summed E-state index contributed by atoms with van der Waals surface area (Å²) in [6.45, 7) is 5.91. The Hall–Kier alpha value is -3.26. The molecular weight excluding hydrogens is 444 g/mol. The summed E-state index contributed by atoms with van der Waals surface area (Å²) >= 11 is 0. The number of nitrogens with zero attached hydrogens (tertiary/aromatic N) is 3. The summed E-state index contributed by atoms with van der Waals surface area (Å²) in [6, 6.07) is 10.9. The second kappa shape index (κ2) is 9.41. The van der Waals surface area contributed by atoms with E-state index in [1.54, 1.807) is 18.3 Å². The molecule has 3 saturated heterocycles. The summed E-state index contributed by atoms with van der Waals surface area (Å²) in [5.41, 5.74) is 2.11. The normalized spacial score (nSPS) is 25.3. The molecule has 1 N–H and O–H groups in total. The molecular formula is C27H32N4O4. The van der Waals surface area contributed by atoms with Gasteiger partial charge in [-0.3, -0.25) is 19.5 Å². The highest BCUT2D eigenvalue weighted by atomic mass is 16.5. The van der Waals surface area contributed by atoms with Crippen molar-refractivity contribution in [3.63, 3.8) is 0 Å². The predicted molar refractivity (Wildman–Crippen MR) is 130 cm³/mol.